The Morgan fingerprint density at radius 3 is 2.20 bits per heavy atom. The van der Waals surface area contributed by atoms with Gasteiger partial charge in [0.2, 0.25) is 0 Å². The van der Waals surface area contributed by atoms with Gasteiger partial charge in [0.25, 0.3) is 6.26 Å². The molecule has 0 N–H and O–H groups in total. The van der Waals surface area contributed by atoms with Crippen LogP contribution in [0.2, 0.25) is 0 Å². The molecule has 0 unspecified atom stereocenters. The van der Waals surface area contributed by atoms with E-state index in [9.17, 15) is 4.79 Å². The van der Waals surface area contributed by atoms with Crippen molar-refractivity contribution in [3.8, 4) is 6.26 Å². The molecule has 0 spiro atoms. The van der Waals surface area contributed by atoms with Crippen LogP contribution in [0.25, 0.3) is 0 Å². The fourth-order valence-corrected chi connectivity index (χ4v) is 0.0867. The third kappa shape index (κ3) is 16.0. The van der Waals surface area contributed by atoms with Crippen LogP contribution in [0.5, 0.6) is 0 Å². The molecule has 0 bridgehead atoms. The van der Waals surface area contributed by atoms with Gasteiger partial charge in [-0.05, 0) is 0 Å². The number of carbonyl (C=O) groups is 1. The largest absolute Gasteiger partial charge is 0.549 e. The minimum absolute atomic E-state index is 0.720. The Labute approximate surface area is 58.8 Å². The van der Waals surface area contributed by atoms with Crippen LogP contribution in [-0.4, -0.2) is 15.3 Å². The summed E-state index contributed by atoms with van der Waals surface area (Å²) in [4.78, 5) is 9.85. The molecule has 0 aliphatic carbocycles. The molecule has 0 rings (SSSR count). The fraction of sp³-hybridized carbons (Fsp3) is 0. The van der Waals surface area contributed by atoms with Gasteiger partial charge >= 0.3 is 15.3 Å². The number of hydrogen-bond acceptors (Lipinski definition) is 5. The van der Waals surface area contributed by atoms with Crippen molar-refractivity contribution in [2.75, 3.05) is 0 Å². The van der Waals surface area contributed by atoms with Crippen LogP contribution in [-0.2, 0) is 18.5 Å². The Morgan fingerprint density at radius 2 is 2.10 bits per heavy atom. The van der Waals surface area contributed by atoms with Crippen molar-refractivity contribution in [1.29, 1.82) is 5.26 Å². The molecule has 0 aromatic rings. The first-order valence-corrected chi connectivity index (χ1v) is 2.76. The van der Waals surface area contributed by atoms with E-state index in [1.807, 2.05) is 0 Å². The molecule has 5 nitrogen and oxygen atoms in total. The molecule has 0 aliphatic heterocycles. The summed E-state index contributed by atoms with van der Waals surface area (Å²) in [6, 6.07) is 0. The van der Waals surface area contributed by atoms with Crippen LogP contribution in [0.4, 0.5) is 0 Å². The van der Waals surface area contributed by atoms with Gasteiger partial charge in [-0.25, -0.2) is 4.79 Å². The molecule has 0 saturated carbocycles. The average Bonchev–Trinajstić information content (AvgIpc) is 1.90. The van der Waals surface area contributed by atoms with Crippen molar-refractivity contribution in [2.45, 2.75) is 0 Å². The summed E-state index contributed by atoms with van der Waals surface area (Å²) in [5.74, 6) is -0.720. The van der Waals surface area contributed by atoms with Gasteiger partial charge in [-0.2, -0.15) is 0 Å². The summed E-state index contributed by atoms with van der Waals surface area (Å²) in [5, 5.41) is 7.63. The number of hydrogen-bond donors (Lipinski definition) is 0. The van der Waals surface area contributed by atoms with E-state index in [4.69, 9.17) is 14.2 Å². The van der Waals surface area contributed by atoms with E-state index >= 15 is 0 Å². The second-order valence-corrected chi connectivity index (χ2v) is 0.967. The van der Waals surface area contributed by atoms with Gasteiger partial charge in [-0.3, -0.25) is 8.92 Å². The highest BCUT2D eigenvalue weighted by Gasteiger charge is 1.87. The first kappa shape index (κ1) is 11.3. The van der Waals surface area contributed by atoms with Crippen LogP contribution in [0.3, 0.4) is 0 Å². The molecular formula is C4H3NO4Si. The van der Waals surface area contributed by atoms with Gasteiger partial charge in [0, 0.05) is 6.08 Å². The lowest BCUT2D eigenvalue weighted by atomic mass is 10.7. The molecule has 0 heterocycles. The number of nitrogens with zero attached hydrogens (tertiary/aromatic N) is 1. The van der Waals surface area contributed by atoms with Crippen molar-refractivity contribution in [2.24, 2.45) is 0 Å². The van der Waals surface area contributed by atoms with E-state index in [1.54, 1.807) is 0 Å². The van der Waals surface area contributed by atoms with E-state index in [0.29, 0.717) is 0 Å². The maximum atomic E-state index is 9.85. The monoisotopic (exact) mass is 157 g/mol. The Balaban J connectivity index is 0. The summed E-state index contributed by atoms with van der Waals surface area (Å²) in [6.07, 6.45) is 2.12. The van der Waals surface area contributed by atoms with Crippen molar-refractivity contribution in [3.05, 3.63) is 12.7 Å². The smallest absolute Gasteiger partial charge is 0.347 e. The van der Waals surface area contributed by atoms with Gasteiger partial charge in [0.05, 0.1) is 0 Å². The van der Waals surface area contributed by atoms with Crippen molar-refractivity contribution >= 4 is 15.3 Å². The zero-order chi connectivity index (χ0) is 8.41. The molecule has 0 atom stereocenters. The standard InChI is InChI=1S/C4H3NO2.O2Si/c1-2-4(6)7-3-5;1-3-2/h2H,1H2;. The Kier molecular flexibility index (Phi) is 11.9. The SMILES string of the molecule is C=CC(=O)OC#N.O=[Si]=O. The Hall–Kier alpha value is -1.48. The number of rotatable bonds is 1. The second-order valence-electron chi connectivity index (χ2n) is 0.800. The first-order chi connectivity index (χ1) is 4.72. The minimum Gasteiger partial charge on any atom is -0.347 e. The highest BCUT2D eigenvalue weighted by molar-refractivity contribution is 5.94. The van der Waals surface area contributed by atoms with E-state index in [2.05, 4.69) is 11.3 Å². The molecule has 0 aromatic carbocycles. The summed E-state index contributed by atoms with van der Waals surface area (Å²) in [5.41, 5.74) is 0. The zero-order valence-electron chi connectivity index (χ0n) is 4.86. The van der Waals surface area contributed by atoms with Gasteiger partial charge in [0.15, 0.2) is 0 Å². The van der Waals surface area contributed by atoms with Gasteiger partial charge in [0.1, 0.15) is 0 Å². The van der Waals surface area contributed by atoms with E-state index < -0.39 is 15.3 Å². The van der Waals surface area contributed by atoms with E-state index in [1.165, 1.54) is 6.26 Å². The number of carbonyl (C=O) groups excluding carboxylic acids is 1. The molecule has 0 fully saturated rings. The predicted octanol–water partition coefficient (Wildman–Crippen LogP) is -0.422. The molecule has 0 aromatic heterocycles. The fourth-order valence-electron chi connectivity index (χ4n) is 0.0867. The molecule has 6 heteroatoms. The lowest BCUT2D eigenvalue weighted by molar-refractivity contribution is -0.131. The predicted molar refractivity (Wildman–Crippen MR) is 29.0 cm³/mol. The van der Waals surface area contributed by atoms with E-state index in [0.717, 1.165) is 6.08 Å². The third-order valence-corrected chi connectivity index (χ3v) is 0.313. The molecule has 52 valence electrons. The maximum absolute atomic E-state index is 9.85. The van der Waals surface area contributed by atoms with Crippen molar-refractivity contribution < 1.29 is 18.5 Å². The van der Waals surface area contributed by atoms with Crippen LogP contribution >= 0.6 is 0 Å². The highest BCUT2D eigenvalue weighted by atomic mass is 28.2. The lowest BCUT2D eigenvalue weighted by Gasteiger charge is -1.77. The van der Waals surface area contributed by atoms with Crippen LogP contribution in [0.1, 0.15) is 0 Å². The summed E-state index contributed by atoms with van der Waals surface area (Å²) >= 11 is 0. The highest BCUT2D eigenvalue weighted by Crippen LogP contribution is 1.71. The Bertz CT molecular complexity index is 188. The zero-order valence-corrected chi connectivity index (χ0v) is 5.86. The number of ether oxygens (including phenoxy) is 1. The van der Waals surface area contributed by atoms with Crippen LogP contribution in [0, 0.1) is 11.5 Å². The molecular weight excluding hydrogens is 154 g/mol. The van der Waals surface area contributed by atoms with Crippen LogP contribution in [0.15, 0.2) is 12.7 Å². The van der Waals surface area contributed by atoms with Crippen LogP contribution < -0.4 is 0 Å². The van der Waals surface area contributed by atoms with Gasteiger partial charge in [-0.15, -0.1) is 5.26 Å². The summed E-state index contributed by atoms with van der Waals surface area (Å²) in [6.45, 7) is 3.05. The molecule has 0 amide bonds. The van der Waals surface area contributed by atoms with Gasteiger partial charge < -0.3 is 4.74 Å². The topological polar surface area (TPSA) is 84.2 Å². The lowest BCUT2D eigenvalue weighted by Crippen LogP contribution is -1.91. The molecule has 0 saturated heterocycles. The summed E-state index contributed by atoms with van der Waals surface area (Å²) in [7, 11) is -1.42. The van der Waals surface area contributed by atoms with Crippen molar-refractivity contribution in [1.82, 2.24) is 0 Å². The first-order valence-electron chi connectivity index (χ1n) is 1.94. The minimum atomic E-state index is -1.42. The molecule has 0 radical (unpaired) electrons. The quantitative estimate of drug-likeness (QED) is 0.223. The normalized spacial score (nSPS) is 5.10. The number of esters is 1. The van der Waals surface area contributed by atoms with E-state index in [-0.39, 0.29) is 0 Å². The number of nitriles is 1. The second kappa shape index (κ2) is 10.5. The van der Waals surface area contributed by atoms with Crippen molar-refractivity contribution in [3.63, 3.8) is 0 Å². The molecule has 10 heavy (non-hydrogen) atoms. The average molecular weight is 157 g/mol. The molecule has 0 aliphatic rings. The Morgan fingerprint density at radius 1 is 1.70 bits per heavy atom. The third-order valence-electron chi connectivity index (χ3n) is 0.313. The van der Waals surface area contributed by atoms with Gasteiger partial charge in [-0.1, -0.05) is 6.58 Å². The maximum Gasteiger partial charge on any atom is 0.549 e. The summed E-state index contributed by atoms with van der Waals surface area (Å²) < 4.78 is 20.5.